The Morgan fingerprint density at radius 1 is 0.477 bits per heavy atom. The fourth-order valence-electron chi connectivity index (χ4n) is 23.2. The van der Waals surface area contributed by atoms with E-state index in [0.29, 0.717) is 50.5 Å². The summed E-state index contributed by atoms with van der Waals surface area (Å²) in [6, 6.07) is 7.12. The molecule has 20 N–H and O–H groups in total. The number of allylic oxidation sites excluding steroid dienone is 2. The van der Waals surface area contributed by atoms with Gasteiger partial charge in [-0.2, -0.15) is 0 Å². The molecule has 724 valence electrons. The molecule has 128 heavy (non-hydrogen) atoms. The number of benzene rings is 1. The summed E-state index contributed by atoms with van der Waals surface area (Å²) in [7, 11) is 0. The maximum atomic E-state index is 16.5. The Morgan fingerprint density at radius 3 is 1.65 bits per heavy atom. The number of aliphatic hydroxyl groups is 19. The van der Waals surface area contributed by atoms with Crippen LogP contribution in [0.4, 0.5) is 0 Å². The summed E-state index contributed by atoms with van der Waals surface area (Å²) in [5.41, 5.74) is -3.91. The first kappa shape index (κ1) is 99.2. The maximum absolute atomic E-state index is 16.5. The number of hydrogen-bond acceptors (Lipinski definition) is 41. The van der Waals surface area contributed by atoms with Gasteiger partial charge in [-0.15, -0.1) is 0 Å². The summed E-state index contributed by atoms with van der Waals surface area (Å²) < 4.78 is 110. The molecule has 1 aromatic carbocycles. The molecule has 1 aromatic rings. The summed E-state index contributed by atoms with van der Waals surface area (Å²) >= 11 is 0. The van der Waals surface area contributed by atoms with Gasteiger partial charge in [0.05, 0.1) is 58.5 Å². The third kappa shape index (κ3) is 18.8. The second-order valence-electron chi connectivity index (χ2n) is 38.7. The SMILES string of the molecule is CC(=O)NC1C(OC2CCC3(C)C(CCC4(C)C3CC=C3C5C(C)(C)CCCC5(C(=O)OC5OC(COC(C)=O)C(OC6OCC(O)C(O)C6OC(=O)C=Cc6ccccc6)C(O)C5OC5OCC(O)C(OC6OC(CO)C(O)C6O)C5O)C(O)CC34C)C2(C)C)OC(COC2OCC(O)C(OC3OCC(O)C(O)C3O)C2O)C(OC2OC(CO)C(O)C(O)C2O)C1O. The van der Waals surface area contributed by atoms with Crippen molar-refractivity contribution in [3.05, 3.63) is 53.6 Å². The zero-order chi connectivity index (χ0) is 92.7. The van der Waals surface area contributed by atoms with Crippen molar-refractivity contribution >= 4 is 29.9 Å². The first-order valence-corrected chi connectivity index (χ1v) is 44.1. The number of amides is 1. The molecule has 12 fully saturated rings. The molecule has 8 aliphatic heterocycles. The van der Waals surface area contributed by atoms with E-state index in [1.807, 2.05) is 13.8 Å². The molecule has 8 heterocycles. The third-order valence-electron chi connectivity index (χ3n) is 30.1. The van der Waals surface area contributed by atoms with Crippen LogP contribution in [0.5, 0.6) is 0 Å². The van der Waals surface area contributed by atoms with E-state index in [-0.39, 0.29) is 24.7 Å². The molecule has 42 nitrogen and oxygen atoms in total. The highest BCUT2D eigenvalue weighted by atomic mass is 16.8. The Kier molecular flexibility index (Phi) is 30.6. The van der Waals surface area contributed by atoms with Gasteiger partial charge in [0.25, 0.3) is 0 Å². The summed E-state index contributed by atoms with van der Waals surface area (Å²) in [5, 5.41) is 217. The van der Waals surface area contributed by atoms with E-state index in [4.69, 9.17) is 85.3 Å². The molecule has 44 atom stereocenters. The van der Waals surface area contributed by atoms with E-state index in [0.717, 1.165) is 18.6 Å². The van der Waals surface area contributed by atoms with Crippen molar-refractivity contribution in [2.24, 2.45) is 50.2 Å². The molecular formula is C86H129NO41. The van der Waals surface area contributed by atoms with Crippen molar-refractivity contribution in [2.75, 3.05) is 52.9 Å². The molecule has 14 rings (SSSR count). The van der Waals surface area contributed by atoms with Gasteiger partial charge in [0, 0.05) is 25.8 Å². The van der Waals surface area contributed by atoms with Crippen LogP contribution in [0, 0.1) is 50.2 Å². The lowest BCUT2D eigenvalue weighted by molar-refractivity contribution is -0.377. The predicted molar refractivity (Wildman–Crippen MR) is 425 cm³/mol. The molecule has 4 saturated carbocycles. The molecule has 8 saturated heterocycles. The maximum Gasteiger partial charge on any atom is 0.331 e. The van der Waals surface area contributed by atoms with Gasteiger partial charge in [-0.1, -0.05) is 96.9 Å². The van der Waals surface area contributed by atoms with Crippen LogP contribution in [0.25, 0.3) is 6.08 Å². The summed E-state index contributed by atoms with van der Waals surface area (Å²) in [6.07, 6.45) is -54.9. The normalized spacial score (nSPS) is 48.9. The van der Waals surface area contributed by atoms with Crippen LogP contribution in [0.3, 0.4) is 0 Å². The molecule has 5 aliphatic carbocycles. The lowest BCUT2D eigenvalue weighted by Crippen LogP contribution is -2.70. The van der Waals surface area contributed by atoms with E-state index in [9.17, 15) is 111 Å². The highest BCUT2D eigenvalue weighted by Crippen LogP contribution is 2.77. The lowest BCUT2D eigenvalue weighted by atomic mass is 9.32. The highest BCUT2D eigenvalue weighted by Gasteiger charge is 2.74. The predicted octanol–water partition coefficient (Wildman–Crippen LogP) is -5.59. The molecule has 1 amide bonds. The van der Waals surface area contributed by atoms with Crippen molar-refractivity contribution < 1.29 is 201 Å². The molecule has 0 spiro atoms. The van der Waals surface area contributed by atoms with E-state index < -0.39 is 342 Å². The minimum atomic E-state index is -2.20. The van der Waals surface area contributed by atoms with Crippen LogP contribution in [0.2, 0.25) is 0 Å². The number of carbonyl (C=O) groups is 4. The number of fused-ring (bicyclic) bond motifs is 7. The fourth-order valence-corrected chi connectivity index (χ4v) is 23.2. The molecular weight excluding hydrogens is 1700 g/mol. The van der Waals surface area contributed by atoms with Crippen LogP contribution < -0.4 is 5.32 Å². The van der Waals surface area contributed by atoms with Gasteiger partial charge in [-0.05, 0) is 102 Å². The van der Waals surface area contributed by atoms with Crippen LogP contribution in [0.15, 0.2) is 48.1 Å². The largest absolute Gasteiger partial charge is 0.463 e. The smallest absolute Gasteiger partial charge is 0.331 e. The Hall–Kier alpha value is -4.78. The van der Waals surface area contributed by atoms with Crippen LogP contribution in [-0.2, 0) is 104 Å². The number of rotatable bonds is 25. The second-order valence-corrected chi connectivity index (χ2v) is 38.7. The number of hydrogen-bond donors (Lipinski definition) is 20. The molecule has 13 aliphatic rings. The minimum absolute atomic E-state index is 0.00975. The Labute approximate surface area is 738 Å². The Balaban J connectivity index is 0.739. The van der Waals surface area contributed by atoms with Crippen molar-refractivity contribution in [3.8, 4) is 0 Å². The average Bonchev–Trinajstić information content (AvgIpc) is 0.693. The number of aliphatic hydroxyl groups excluding tert-OH is 19. The topological polar surface area (TPSA) is 631 Å². The summed E-state index contributed by atoms with van der Waals surface area (Å²) in [4.78, 5) is 56.3. The molecule has 0 bridgehead atoms. The van der Waals surface area contributed by atoms with Crippen LogP contribution in [0.1, 0.15) is 126 Å². The quantitative estimate of drug-likeness (QED) is 0.0143. The Morgan fingerprint density at radius 2 is 1.01 bits per heavy atom. The van der Waals surface area contributed by atoms with Crippen molar-refractivity contribution in [2.45, 2.75) is 347 Å². The van der Waals surface area contributed by atoms with Crippen LogP contribution >= 0.6 is 0 Å². The van der Waals surface area contributed by atoms with Crippen molar-refractivity contribution in [1.82, 2.24) is 5.32 Å². The number of nitrogens with one attached hydrogen (secondary N) is 1. The molecule has 42 heteroatoms. The zero-order valence-corrected chi connectivity index (χ0v) is 72.7. The van der Waals surface area contributed by atoms with Gasteiger partial charge in [-0.25, -0.2) is 4.79 Å². The summed E-state index contributed by atoms with van der Waals surface area (Å²) in [5.74, 6) is -4.64. The van der Waals surface area contributed by atoms with Crippen molar-refractivity contribution in [3.63, 3.8) is 0 Å². The van der Waals surface area contributed by atoms with Gasteiger partial charge >= 0.3 is 17.9 Å². The summed E-state index contributed by atoms with van der Waals surface area (Å²) in [6.45, 7) is 11.6. The Bertz CT molecular complexity index is 4000. The molecule has 0 radical (unpaired) electrons. The van der Waals surface area contributed by atoms with Gasteiger partial charge < -0.3 is 188 Å². The molecule has 44 unspecified atom stereocenters. The first-order valence-electron chi connectivity index (χ1n) is 44.1. The second kappa shape index (κ2) is 39.5. The van der Waals surface area contributed by atoms with Crippen molar-refractivity contribution in [1.29, 1.82) is 0 Å². The third-order valence-corrected chi connectivity index (χ3v) is 30.1. The zero-order valence-electron chi connectivity index (χ0n) is 72.7. The average molecular weight is 1830 g/mol. The monoisotopic (exact) mass is 1830 g/mol. The fraction of sp³-hybridized carbons (Fsp3) is 0.837. The lowest BCUT2D eigenvalue weighted by Gasteiger charge is -2.72. The number of ether oxygens (including phenoxy) is 18. The number of esters is 3. The van der Waals surface area contributed by atoms with E-state index >= 15 is 4.79 Å². The van der Waals surface area contributed by atoms with Gasteiger partial charge in [-0.3, -0.25) is 14.4 Å². The van der Waals surface area contributed by atoms with E-state index in [2.05, 4.69) is 46.0 Å². The van der Waals surface area contributed by atoms with Crippen LogP contribution in [-0.4, -0.2) is 401 Å². The standard InChI is InChI=1S/C86H129NO41/c1-35(90)87-52-57(102)67(125-77-61(106)58(103)55(100)43(27-88)117-77)46(34-116-73-63(108)65(41(94)31-112-73)123-74-59(104)53(98)39(92)29-113-74)119-72(52)121-50-21-24-83(7)47(82(50,5)6)20-25-84(8)48(83)18-17-38-71-81(3,4)22-13-23-86(71,49(96)26-85(38,84)9)80(110)128-79-70(127-75-64(109)66(42(95)32-114-75)124-76-60(105)56(101)44(28-89)118-76)62(107)68(45(120-79)33-111-36(2)91)126-78-69(54(99)40(93)30-115-78)122-51(97)19-16-37-14-11-10-12-15-37/h10-12,14-17,19,39-50,52-79,88-89,92-96,98-109H,13,18,20-34H2,1-9H3,(H,87,90). The first-order chi connectivity index (χ1) is 60.4. The highest BCUT2D eigenvalue weighted by molar-refractivity contribution is 5.87. The van der Waals surface area contributed by atoms with E-state index in [1.54, 1.807) is 30.3 Å². The minimum Gasteiger partial charge on any atom is -0.463 e. The molecule has 0 aromatic heterocycles. The van der Waals surface area contributed by atoms with Gasteiger partial charge in [0.1, 0.15) is 165 Å². The van der Waals surface area contributed by atoms with Gasteiger partial charge in [0.15, 0.2) is 56.2 Å². The number of carbonyl (C=O) groups excluding carboxylic acids is 4. The van der Waals surface area contributed by atoms with Gasteiger partial charge in [0.2, 0.25) is 12.2 Å². The van der Waals surface area contributed by atoms with E-state index in [1.165, 1.54) is 13.0 Å².